The van der Waals surface area contributed by atoms with Crippen molar-refractivity contribution in [3.63, 3.8) is 0 Å². The topological polar surface area (TPSA) is 91.3 Å². The number of Topliss-reactive ketones (excluding diaryl/α,β-unsaturated/α-hetero) is 1. The van der Waals surface area contributed by atoms with Crippen molar-refractivity contribution in [2.45, 2.75) is 90.8 Å². The van der Waals surface area contributed by atoms with Crippen molar-refractivity contribution in [2.75, 3.05) is 20.3 Å². The summed E-state index contributed by atoms with van der Waals surface area (Å²) in [6.45, 7) is 8.60. The van der Waals surface area contributed by atoms with Crippen LogP contribution >= 0.6 is 0 Å². The number of carboxylic acids is 1. The van der Waals surface area contributed by atoms with Gasteiger partial charge < -0.3 is 24.1 Å². The maximum Gasteiger partial charge on any atom is 0.303 e. The Morgan fingerprint density at radius 1 is 1.11 bits per heavy atom. The Morgan fingerprint density at radius 2 is 1.87 bits per heavy atom. The Hall–Kier alpha value is -3.06. The summed E-state index contributed by atoms with van der Waals surface area (Å²) in [6.07, 6.45) is 5.01. The highest BCUT2D eigenvalue weighted by molar-refractivity contribution is 5.97. The average Bonchev–Trinajstić information content (AvgIpc) is 2.88. The first-order valence-corrected chi connectivity index (χ1v) is 13.7. The van der Waals surface area contributed by atoms with E-state index in [1.165, 1.54) is 6.92 Å². The molecule has 7 nitrogen and oxygen atoms in total. The minimum absolute atomic E-state index is 0.0169. The number of fused-ring (bicyclic) bond motifs is 1. The normalized spacial score (nSPS) is 18.4. The molecule has 208 valence electrons. The van der Waals surface area contributed by atoms with Crippen molar-refractivity contribution in [3.8, 4) is 17.2 Å². The number of aryl methyl sites for hydroxylation is 1. The molecule has 1 heterocycles. The lowest BCUT2D eigenvalue weighted by Crippen LogP contribution is -2.51. The molecule has 0 aliphatic carbocycles. The van der Waals surface area contributed by atoms with Gasteiger partial charge in [0.1, 0.15) is 29.0 Å². The number of aliphatic carboxylic acids is 1. The number of para-hydroxylation sites is 1. The fourth-order valence-electron chi connectivity index (χ4n) is 5.12. The Balaban J connectivity index is 1.67. The summed E-state index contributed by atoms with van der Waals surface area (Å²) >= 11 is 0. The molecule has 2 unspecified atom stereocenters. The molecule has 0 spiro atoms. The molecule has 0 fully saturated rings. The molecule has 0 amide bonds. The van der Waals surface area contributed by atoms with Gasteiger partial charge in [-0.15, -0.1) is 0 Å². The van der Waals surface area contributed by atoms with E-state index in [4.69, 9.17) is 18.9 Å². The number of ether oxygens (including phenoxy) is 4. The molecule has 0 saturated carbocycles. The lowest BCUT2D eigenvalue weighted by atomic mass is 9.84. The van der Waals surface area contributed by atoms with Crippen LogP contribution in [0.3, 0.4) is 0 Å². The van der Waals surface area contributed by atoms with Crippen molar-refractivity contribution in [2.24, 2.45) is 0 Å². The second-order valence-electron chi connectivity index (χ2n) is 10.2. The zero-order valence-electron chi connectivity index (χ0n) is 23.4. The second kappa shape index (κ2) is 13.7. The molecule has 1 aliphatic heterocycles. The summed E-state index contributed by atoms with van der Waals surface area (Å²) < 4.78 is 24.5. The highest BCUT2D eigenvalue weighted by Crippen LogP contribution is 2.40. The average molecular weight is 527 g/mol. The molecule has 0 radical (unpaired) electrons. The molecule has 2 aromatic rings. The standard InChI is InChI=1S/C31H42O7/c1-6-10-22-12-8-13-23-20-27(31(4,38-29(22)23)17-16-28(33)34)37-19-9-18-36-26-15-14-24(21(3)32)30(35-5)25(26)11-7-2/h8,12-15,27H,6-7,9-11,16-20H2,1-5H3,(H,33,34). The van der Waals surface area contributed by atoms with E-state index in [2.05, 4.69) is 32.0 Å². The van der Waals surface area contributed by atoms with Crippen LogP contribution in [-0.2, 0) is 28.8 Å². The van der Waals surface area contributed by atoms with Crippen molar-refractivity contribution in [1.29, 1.82) is 0 Å². The number of benzene rings is 2. The van der Waals surface area contributed by atoms with Crippen molar-refractivity contribution < 1.29 is 33.6 Å². The number of carboxylic acid groups (broad SMARTS) is 1. The lowest BCUT2D eigenvalue weighted by Gasteiger charge is -2.43. The van der Waals surface area contributed by atoms with Crippen molar-refractivity contribution >= 4 is 11.8 Å². The van der Waals surface area contributed by atoms with Crippen LogP contribution in [0.2, 0.25) is 0 Å². The van der Waals surface area contributed by atoms with Gasteiger partial charge in [0, 0.05) is 24.8 Å². The highest BCUT2D eigenvalue weighted by atomic mass is 16.6. The molecule has 3 rings (SSSR count). The quantitative estimate of drug-likeness (QED) is 0.218. The monoisotopic (exact) mass is 526 g/mol. The Bertz CT molecular complexity index is 1110. The van der Waals surface area contributed by atoms with Crippen LogP contribution in [0.1, 0.15) is 86.8 Å². The van der Waals surface area contributed by atoms with Gasteiger partial charge in [-0.2, -0.15) is 0 Å². The number of methoxy groups -OCH3 is 1. The van der Waals surface area contributed by atoms with Gasteiger partial charge in [-0.05, 0) is 56.4 Å². The van der Waals surface area contributed by atoms with E-state index < -0.39 is 11.6 Å². The van der Waals surface area contributed by atoms with E-state index in [1.807, 2.05) is 13.0 Å². The Morgan fingerprint density at radius 3 is 2.53 bits per heavy atom. The third-order valence-corrected chi connectivity index (χ3v) is 7.12. The fourth-order valence-corrected chi connectivity index (χ4v) is 5.12. The number of carbonyl (C=O) groups excluding carboxylic acids is 1. The molecule has 0 aromatic heterocycles. The van der Waals surface area contributed by atoms with Crippen LogP contribution in [0.4, 0.5) is 0 Å². The van der Waals surface area contributed by atoms with Crippen LogP contribution < -0.4 is 14.2 Å². The Labute approximate surface area is 226 Å². The maximum atomic E-state index is 12.0. The third-order valence-electron chi connectivity index (χ3n) is 7.12. The summed E-state index contributed by atoms with van der Waals surface area (Å²) in [7, 11) is 1.58. The van der Waals surface area contributed by atoms with E-state index in [1.54, 1.807) is 13.2 Å². The van der Waals surface area contributed by atoms with Gasteiger partial charge in [0.25, 0.3) is 0 Å². The zero-order valence-corrected chi connectivity index (χ0v) is 23.4. The van der Waals surface area contributed by atoms with Crippen LogP contribution in [0, 0.1) is 0 Å². The summed E-state index contributed by atoms with van der Waals surface area (Å²) in [5.41, 5.74) is 3.00. The molecule has 38 heavy (non-hydrogen) atoms. The first kappa shape index (κ1) is 29.5. The first-order chi connectivity index (χ1) is 18.2. The highest BCUT2D eigenvalue weighted by Gasteiger charge is 2.42. The molecular formula is C31H42O7. The summed E-state index contributed by atoms with van der Waals surface area (Å²) in [5.74, 6) is 1.31. The minimum atomic E-state index is -0.844. The molecular weight excluding hydrogens is 484 g/mol. The van der Waals surface area contributed by atoms with Gasteiger partial charge >= 0.3 is 5.97 Å². The van der Waals surface area contributed by atoms with Gasteiger partial charge in [0.2, 0.25) is 0 Å². The predicted octanol–water partition coefficient (Wildman–Crippen LogP) is 6.22. The zero-order chi connectivity index (χ0) is 27.7. The van der Waals surface area contributed by atoms with E-state index >= 15 is 0 Å². The lowest BCUT2D eigenvalue weighted by molar-refractivity contribution is -0.141. The van der Waals surface area contributed by atoms with Crippen LogP contribution in [0.15, 0.2) is 30.3 Å². The van der Waals surface area contributed by atoms with E-state index in [-0.39, 0.29) is 18.3 Å². The summed E-state index contributed by atoms with van der Waals surface area (Å²) in [6, 6.07) is 9.80. The molecule has 2 atom stereocenters. The number of rotatable bonds is 15. The van der Waals surface area contributed by atoms with E-state index in [0.29, 0.717) is 43.8 Å². The van der Waals surface area contributed by atoms with Gasteiger partial charge in [0.15, 0.2) is 5.78 Å². The maximum absolute atomic E-state index is 12.0. The molecule has 1 N–H and O–H groups in total. The summed E-state index contributed by atoms with van der Waals surface area (Å²) in [5, 5.41) is 9.34. The van der Waals surface area contributed by atoms with Gasteiger partial charge in [0.05, 0.1) is 25.9 Å². The SMILES string of the molecule is CCCc1cccc2c1OC(C)(CCC(=O)O)C(OCCCOc1ccc(C(C)=O)c(OC)c1CCC)C2. The third kappa shape index (κ3) is 7.07. The molecule has 0 bridgehead atoms. The number of ketones is 1. The molecule has 7 heteroatoms. The van der Waals surface area contributed by atoms with E-state index in [0.717, 1.165) is 53.9 Å². The molecule has 0 saturated heterocycles. The predicted molar refractivity (Wildman–Crippen MR) is 147 cm³/mol. The largest absolute Gasteiger partial charge is 0.496 e. The first-order valence-electron chi connectivity index (χ1n) is 13.7. The van der Waals surface area contributed by atoms with Crippen molar-refractivity contribution in [3.05, 3.63) is 52.6 Å². The fraction of sp³-hybridized carbons (Fsp3) is 0.548. The van der Waals surface area contributed by atoms with Gasteiger partial charge in [-0.25, -0.2) is 0 Å². The number of hydrogen-bond acceptors (Lipinski definition) is 6. The van der Waals surface area contributed by atoms with E-state index in [9.17, 15) is 14.7 Å². The summed E-state index contributed by atoms with van der Waals surface area (Å²) in [4.78, 5) is 23.4. The second-order valence-corrected chi connectivity index (χ2v) is 10.2. The smallest absolute Gasteiger partial charge is 0.303 e. The Kier molecular flexibility index (Phi) is 10.6. The van der Waals surface area contributed by atoms with Gasteiger partial charge in [-0.3, -0.25) is 9.59 Å². The van der Waals surface area contributed by atoms with Crippen molar-refractivity contribution in [1.82, 2.24) is 0 Å². The molecule has 1 aliphatic rings. The van der Waals surface area contributed by atoms with Gasteiger partial charge in [-0.1, -0.05) is 44.9 Å². The van der Waals surface area contributed by atoms with Crippen LogP contribution in [0.5, 0.6) is 17.2 Å². The van der Waals surface area contributed by atoms with Crippen LogP contribution in [-0.4, -0.2) is 48.9 Å². The number of hydrogen-bond donors (Lipinski definition) is 1. The number of carbonyl (C=O) groups is 2. The molecule has 2 aromatic carbocycles. The van der Waals surface area contributed by atoms with Crippen LogP contribution in [0.25, 0.3) is 0 Å². The minimum Gasteiger partial charge on any atom is -0.496 e.